The lowest BCUT2D eigenvalue weighted by Crippen LogP contribution is -2.16. The van der Waals surface area contributed by atoms with Crippen molar-refractivity contribution in [2.45, 2.75) is 20.3 Å². The van der Waals surface area contributed by atoms with E-state index in [0.717, 1.165) is 6.42 Å². The van der Waals surface area contributed by atoms with E-state index < -0.39 is 5.97 Å². The number of carbonyl (C=O) groups is 2. The number of hydrogen-bond donors (Lipinski definition) is 2. The number of aromatic carboxylic acids is 1. The fourth-order valence-electron chi connectivity index (χ4n) is 1.92. The van der Waals surface area contributed by atoms with Crippen molar-refractivity contribution in [3.63, 3.8) is 0 Å². The molecule has 4 nitrogen and oxygen atoms in total. The van der Waals surface area contributed by atoms with Crippen molar-refractivity contribution >= 4 is 17.6 Å². The Labute approximate surface area is 99.6 Å². The minimum absolute atomic E-state index is 0.0110. The van der Waals surface area contributed by atoms with Crippen molar-refractivity contribution in [1.29, 1.82) is 0 Å². The molecule has 2 rings (SSSR count). The van der Waals surface area contributed by atoms with Gasteiger partial charge in [0.25, 0.3) is 0 Å². The van der Waals surface area contributed by atoms with E-state index in [9.17, 15) is 9.59 Å². The van der Waals surface area contributed by atoms with Gasteiger partial charge in [-0.1, -0.05) is 13.0 Å². The van der Waals surface area contributed by atoms with Crippen LogP contribution in [0.5, 0.6) is 0 Å². The SMILES string of the molecule is Cc1c(NC(=O)[C@@H]2C[C@@H]2C)cccc1C(=O)O. The Morgan fingerprint density at radius 3 is 2.59 bits per heavy atom. The molecule has 0 aromatic heterocycles. The molecule has 0 spiro atoms. The molecule has 17 heavy (non-hydrogen) atoms. The van der Waals surface area contributed by atoms with Crippen LogP contribution in [0.15, 0.2) is 18.2 Å². The Morgan fingerprint density at radius 1 is 1.41 bits per heavy atom. The number of amides is 1. The summed E-state index contributed by atoms with van der Waals surface area (Å²) in [6, 6.07) is 4.90. The summed E-state index contributed by atoms with van der Waals surface area (Å²) >= 11 is 0. The monoisotopic (exact) mass is 233 g/mol. The van der Waals surface area contributed by atoms with Gasteiger partial charge >= 0.3 is 5.97 Å². The summed E-state index contributed by atoms with van der Waals surface area (Å²) in [5.74, 6) is -0.456. The molecule has 1 aromatic carbocycles. The zero-order chi connectivity index (χ0) is 12.6. The number of benzene rings is 1. The van der Waals surface area contributed by atoms with Crippen LogP contribution in [0.3, 0.4) is 0 Å². The summed E-state index contributed by atoms with van der Waals surface area (Å²) in [7, 11) is 0. The van der Waals surface area contributed by atoms with E-state index in [1.807, 2.05) is 6.92 Å². The lowest BCUT2D eigenvalue weighted by atomic mass is 10.1. The molecule has 90 valence electrons. The number of nitrogens with one attached hydrogen (secondary N) is 1. The maximum atomic E-state index is 11.8. The van der Waals surface area contributed by atoms with Crippen LogP contribution in [0.2, 0.25) is 0 Å². The Bertz CT molecular complexity index is 482. The van der Waals surface area contributed by atoms with Gasteiger partial charge in [-0.3, -0.25) is 4.79 Å². The van der Waals surface area contributed by atoms with E-state index >= 15 is 0 Å². The second kappa shape index (κ2) is 4.20. The minimum atomic E-state index is -0.974. The van der Waals surface area contributed by atoms with Gasteiger partial charge < -0.3 is 10.4 Å². The molecular weight excluding hydrogens is 218 g/mol. The molecule has 0 bridgehead atoms. The summed E-state index contributed by atoms with van der Waals surface area (Å²) in [4.78, 5) is 22.7. The molecule has 0 unspecified atom stereocenters. The van der Waals surface area contributed by atoms with Gasteiger partial charge in [-0.15, -0.1) is 0 Å². The van der Waals surface area contributed by atoms with E-state index in [4.69, 9.17) is 5.11 Å². The first-order chi connectivity index (χ1) is 8.00. The lowest BCUT2D eigenvalue weighted by Gasteiger charge is -2.10. The first kappa shape index (κ1) is 11.6. The highest BCUT2D eigenvalue weighted by Gasteiger charge is 2.39. The molecule has 0 radical (unpaired) electrons. The predicted molar refractivity (Wildman–Crippen MR) is 64.0 cm³/mol. The number of hydrogen-bond acceptors (Lipinski definition) is 2. The van der Waals surface area contributed by atoms with Crippen LogP contribution in [0.25, 0.3) is 0 Å². The smallest absolute Gasteiger partial charge is 0.336 e. The first-order valence-corrected chi connectivity index (χ1v) is 5.64. The Balaban J connectivity index is 2.18. The summed E-state index contributed by atoms with van der Waals surface area (Å²) in [6.45, 7) is 3.74. The average molecular weight is 233 g/mol. The third-order valence-electron chi connectivity index (χ3n) is 3.27. The van der Waals surface area contributed by atoms with Crippen LogP contribution in [0.1, 0.15) is 29.3 Å². The third kappa shape index (κ3) is 2.30. The molecule has 1 saturated carbocycles. The molecule has 1 aliphatic rings. The molecule has 0 heterocycles. The first-order valence-electron chi connectivity index (χ1n) is 5.64. The molecule has 2 atom stereocenters. The van der Waals surface area contributed by atoms with Crippen molar-refractivity contribution in [2.75, 3.05) is 5.32 Å². The Morgan fingerprint density at radius 2 is 2.06 bits per heavy atom. The summed E-state index contributed by atoms with van der Waals surface area (Å²) < 4.78 is 0. The lowest BCUT2D eigenvalue weighted by molar-refractivity contribution is -0.117. The number of carboxylic acid groups (broad SMARTS) is 1. The number of carbonyl (C=O) groups excluding carboxylic acids is 1. The van der Waals surface area contributed by atoms with E-state index in [-0.39, 0.29) is 17.4 Å². The predicted octanol–water partition coefficient (Wildman–Crippen LogP) is 2.29. The molecule has 0 aliphatic heterocycles. The fourth-order valence-corrected chi connectivity index (χ4v) is 1.92. The highest BCUT2D eigenvalue weighted by molar-refractivity contribution is 5.97. The molecule has 1 fully saturated rings. The second-order valence-corrected chi connectivity index (χ2v) is 4.59. The zero-order valence-corrected chi connectivity index (χ0v) is 9.86. The molecule has 0 saturated heterocycles. The van der Waals surface area contributed by atoms with Gasteiger partial charge in [0.1, 0.15) is 0 Å². The second-order valence-electron chi connectivity index (χ2n) is 4.59. The topological polar surface area (TPSA) is 66.4 Å². The summed E-state index contributed by atoms with van der Waals surface area (Å²) in [6.07, 6.45) is 0.920. The minimum Gasteiger partial charge on any atom is -0.478 e. The van der Waals surface area contributed by atoms with Crippen molar-refractivity contribution in [1.82, 2.24) is 0 Å². The van der Waals surface area contributed by atoms with Gasteiger partial charge in [-0.2, -0.15) is 0 Å². The summed E-state index contributed by atoms with van der Waals surface area (Å²) in [5, 5.41) is 11.8. The van der Waals surface area contributed by atoms with Crippen LogP contribution in [0, 0.1) is 18.8 Å². The normalized spacial score (nSPS) is 22.0. The van der Waals surface area contributed by atoms with E-state index in [2.05, 4.69) is 5.32 Å². The van der Waals surface area contributed by atoms with E-state index in [0.29, 0.717) is 17.2 Å². The van der Waals surface area contributed by atoms with Gasteiger partial charge in [0, 0.05) is 11.6 Å². The van der Waals surface area contributed by atoms with Gasteiger partial charge in [-0.25, -0.2) is 4.79 Å². The van der Waals surface area contributed by atoms with Crippen LogP contribution < -0.4 is 5.32 Å². The fraction of sp³-hybridized carbons (Fsp3) is 0.385. The maximum Gasteiger partial charge on any atom is 0.336 e. The standard InChI is InChI=1S/C13H15NO3/c1-7-6-10(7)12(15)14-11-5-3-4-9(8(11)2)13(16)17/h3-5,7,10H,6H2,1-2H3,(H,14,15)(H,16,17)/t7-,10+/m0/s1. The van der Waals surface area contributed by atoms with Gasteiger partial charge in [0.05, 0.1) is 5.56 Å². The highest BCUT2D eigenvalue weighted by Crippen LogP contribution is 2.38. The molecule has 1 aliphatic carbocycles. The quantitative estimate of drug-likeness (QED) is 0.841. The zero-order valence-electron chi connectivity index (χ0n) is 9.86. The number of carboxylic acids is 1. The van der Waals surface area contributed by atoms with Crippen LogP contribution >= 0.6 is 0 Å². The van der Waals surface area contributed by atoms with Gasteiger partial charge in [0.2, 0.25) is 5.91 Å². The van der Waals surface area contributed by atoms with Crippen molar-refractivity contribution in [3.8, 4) is 0 Å². The van der Waals surface area contributed by atoms with Crippen molar-refractivity contribution < 1.29 is 14.7 Å². The molecule has 1 amide bonds. The van der Waals surface area contributed by atoms with Gasteiger partial charge in [-0.05, 0) is 37.0 Å². The summed E-state index contributed by atoms with van der Waals surface area (Å²) in [5.41, 5.74) is 1.42. The van der Waals surface area contributed by atoms with Crippen LogP contribution in [-0.2, 0) is 4.79 Å². The van der Waals surface area contributed by atoms with E-state index in [1.54, 1.807) is 19.1 Å². The molecule has 1 aromatic rings. The Kier molecular flexibility index (Phi) is 2.88. The van der Waals surface area contributed by atoms with E-state index in [1.165, 1.54) is 6.07 Å². The van der Waals surface area contributed by atoms with Gasteiger partial charge in [0.15, 0.2) is 0 Å². The third-order valence-corrected chi connectivity index (χ3v) is 3.27. The molecule has 4 heteroatoms. The largest absolute Gasteiger partial charge is 0.478 e. The molecular formula is C13H15NO3. The number of rotatable bonds is 3. The van der Waals surface area contributed by atoms with Crippen molar-refractivity contribution in [2.24, 2.45) is 11.8 Å². The maximum absolute atomic E-state index is 11.8. The Hall–Kier alpha value is -1.84. The van der Waals surface area contributed by atoms with Crippen LogP contribution in [0.4, 0.5) is 5.69 Å². The molecule has 2 N–H and O–H groups in total. The number of anilines is 1. The average Bonchev–Trinajstić information content (AvgIpc) is 2.98. The van der Waals surface area contributed by atoms with Crippen LogP contribution in [-0.4, -0.2) is 17.0 Å². The van der Waals surface area contributed by atoms with Crippen molar-refractivity contribution in [3.05, 3.63) is 29.3 Å². The highest BCUT2D eigenvalue weighted by atomic mass is 16.4.